The first-order valence-corrected chi connectivity index (χ1v) is 7.90. The highest BCUT2D eigenvalue weighted by Gasteiger charge is 2.31. The molecule has 0 aromatic heterocycles. The van der Waals surface area contributed by atoms with Crippen LogP contribution in [0.2, 0.25) is 0 Å². The zero-order chi connectivity index (χ0) is 13.3. The van der Waals surface area contributed by atoms with E-state index >= 15 is 0 Å². The molecule has 0 heterocycles. The van der Waals surface area contributed by atoms with Crippen molar-refractivity contribution in [3.63, 3.8) is 0 Å². The van der Waals surface area contributed by atoms with Crippen molar-refractivity contribution >= 4 is 8.69 Å². The highest BCUT2D eigenvalue weighted by Crippen LogP contribution is 2.39. The molecule has 0 N–H and O–H groups in total. The Hall–Kier alpha value is -0.590. The number of rotatable bonds is 9. The van der Waals surface area contributed by atoms with Crippen LogP contribution < -0.4 is 0 Å². The number of benzene rings is 1. The molecular weight excluding hydrogens is 243 g/mol. The van der Waals surface area contributed by atoms with E-state index in [0.29, 0.717) is 0 Å². The molecule has 0 aliphatic heterocycles. The second-order valence-corrected chi connectivity index (χ2v) is 5.21. The monoisotopic (exact) mass is 268 g/mol. The summed E-state index contributed by atoms with van der Waals surface area (Å²) < 4.78 is 16.8. The van der Waals surface area contributed by atoms with E-state index in [1.807, 2.05) is 18.2 Å². The molecule has 1 aromatic carbocycles. The van der Waals surface area contributed by atoms with Gasteiger partial charge in [0.1, 0.15) is 5.60 Å². The SMILES string of the molecule is CCCCCC(CCC)(O[PH2]=O)c1ccccc1. The molecule has 0 saturated carbocycles. The highest BCUT2D eigenvalue weighted by molar-refractivity contribution is 7.17. The Morgan fingerprint density at radius 2 is 1.78 bits per heavy atom. The van der Waals surface area contributed by atoms with E-state index in [9.17, 15) is 4.57 Å². The standard InChI is InChI=1S/C15H25O2P/c1-3-5-9-13-15(12-4-2,17-18-16)14-10-7-6-8-11-14/h6-8,10-11H,3-5,9,12-13,18H2,1-2H3. The topological polar surface area (TPSA) is 26.3 Å². The molecule has 2 unspecified atom stereocenters. The maximum absolute atomic E-state index is 11.1. The van der Waals surface area contributed by atoms with Gasteiger partial charge in [-0.25, -0.2) is 0 Å². The fourth-order valence-electron chi connectivity index (χ4n) is 2.50. The van der Waals surface area contributed by atoms with Gasteiger partial charge < -0.3 is 4.52 Å². The molecule has 3 heteroatoms. The van der Waals surface area contributed by atoms with E-state index in [1.165, 1.54) is 18.4 Å². The predicted molar refractivity (Wildman–Crippen MR) is 78.7 cm³/mol. The first-order chi connectivity index (χ1) is 8.79. The van der Waals surface area contributed by atoms with E-state index in [1.54, 1.807) is 0 Å². The smallest absolute Gasteiger partial charge is 0.180 e. The lowest BCUT2D eigenvalue weighted by Crippen LogP contribution is -2.26. The average Bonchev–Trinajstić information content (AvgIpc) is 2.40. The molecule has 2 nitrogen and oxygen atoms in total. The van der Waals surface area contributed by atoms with Gasteiger partial charge in [0.05, 0.1) is 0 Å². The quantitative estimate of drug-likeness (QED) is 0.468. The molecular formula is C15H25O2P. The first-order valence-electron chi connectivity index (χ1n) is 6.96. The minimum atomic E-state index is -1.17. The highest BCUT2D eigenvalue weighted by atomic mass is 31.1. The molecule has 0 fully saturated rings. The number of unbranched alkanes of at least 4 members (excludes halogenated alkanes) is 2. The van der Waals surface area contributed by atoms with Crippen molar-refractivity contribution in [2.45, 2.75) is 58.0 Å². The van der Waals surface area contributed by atoms with Crippen molar-refractivity contribution < 1.29 is 9.09 Å². The van der Waals surface area contributed by atoms with Crippen LogP contribution in [-0.2, 0) is 14.7 Å². The van der Waals surface area contributed by atoms with Gasteiger partial charge in [0.25, 0.3) is 0 Å². The van der Waals surface area contributed by atoms with Gasteiger partial charge in [0.15, 0.2) is 8.69 Å². The summed E-state index contributed by atoms with van der Waals surface area (Å²) >= 11 is 0. The summed E-state index contributed by atoms with van der Waals surface area (Å²) in [6.45, 7) is 4.35. The maximum atomic E-state index is 11.1. The van der Waals surface area contributed by atoms with Crippen LogP contribution in [0.4, 0.5) is 0 Å². The van der Waals surface area contributed by atoms with E-state index in [4.69, 9.17) is 4.52 Å². The van der Waals surface area contributed by atoms with Crippen molar-refractivity contribution in [1.29, 1.82) is 0 Å². The number of hydrogen-bond donors (Lipinski definition) is 0. The summed E-state index contributed by atoms with van der Waals surface area (Å²) in [6, 6.07) is 10.3. The largest absolute Gasteiger partial charge is 0.321 e. The minimum absolute atomic E-state index is 0.331. The lowest BCUT2D eigenvalue weighted by Gasteiger charge is -2.32. The lowest BCUT2D eigenvalue weighted by atomic mass is 9.84. The van der Waals surface area contributed by atoms with E-state index < -0.39 is 8.69 Å². The van der Waals surface area contributed by atoms with Crippen molar-refractivity contribution in [1.82, 2.24) is 0 Å². The lowest BCUT2D eigenvalue weighted by molar-refractivity contribution is 0.0581. The van der Waals surface area contributed by atoms with E-state index in [2.05, 4.69) is 26.0 Å². The summed E-state index contributed by atoms with van der Waals surface area (Å²) in [5.41, 5.74) is 0.841. The third kappa shape index (κ3) is 4.26. The summed E-state index contributed by atoms with van der Waals surface area (Å²) in [5, 5.41) is 0. The molecule has 0 bridgehead atoms. The second-order valence-electron chi connectivity index (χ2n) is 4.78. The van der Waals surface area contributed by atoms with Crippen LogP contribution in [0.25, 0.3) is 0 Å². The van der Waals surface area contributed by atoms with Gasteiger partial charge in [-0.1, -0.05) is 69.9 Å². The Kier molecular flexibility index (Phi) is 7.31. The molecule has 0 spiro atoms. The van der Waals surface area contributed by atoms with Crippen molar-refractivity contribution in [2.24, 2.45) is 0 Å². The zero-order valence-electron chi connectivity index (χ0n) is 11.5. The van der Waals surface area contributed by atoms with Gasteiger partial charge in [-0.3, -0.25) is 4.57 Å². The predicted octanol–water partition coefficient (Wildman–Crippen LogP) is 4.95. The Labute approximate surface area is 112 Å². The van der Waals surface area contributed by atoms with Gasteiger partial charge in [-0.15, -0.1) is 0 Å². The Morgan fingerprint density at radius 1 is 1.06 bits per heavy atom. The fraction of sp³-hybridized carbons (Fsp3) is 0.600. The summed E-state index contributed by atoms with van der Waals surface area (Å²) in [5.74, 6) is 0. The van der Waals surface area contributed by atoms with E-state index in [-0.39, 0.29) is 5.60 Å². The van der Waals surface area contributed by atoms with E-state index in [0.717, 1.165) is 25.7 Å². The molecule has 0 aliphatic carbocycles. The second kappa shape index (κ2) is 8.50. The average molecular weight is 268 g/mol. The molecule has 1 rings (SSSR count). The zero-order valence-corrected chi connectivity index (χ0v) is 12.7. The molecule has 0 saturated heterocycles. The van der Waals surface area contributed by atoms with Gasteiger partial charge in [0, 0.05) is 0 Å². The van der Waals surface area contributed by atoms with Crippen molar-refractivity contribution in [2.75, 3.05) is 0 Å². The summed E-state index contributed by atoms with van der Waals surface area (Å²) in [7, 11) is -1.17. The van der Waals surface area contributed by atoms with Crippen LogP contribution >= 0.6 is 8.69 Å². The van der Waals surface area contributed by atoms with Gasteiger partial charge in [0.2, 0.25) is 0 Å². The molecule has 2 atom stereocenters. The molecule has 18 heavy (non-hydrogen) atoms. The fourth-order valence-corrected chi connectivity index (χ4v) is 3.05. The summed E-state index contributed by atoms with van der Waals surface area (Å²) in [4.78, 5) is 0. The molecule has 1 aromatic rings. The van der Waals surface area contributed by atoms with Crippen molar-refractivity contribution in [3.05, 3.63) is 35.9 Å². The van der Waals surface area contributed by atoms with Crippen LogP contribution in [0.1, 0.15) is 57.9 Å². The van der Waals surface area contributed by atoms with Crippen molar-refractivity contribution in [3.8, 4) is 0 Å². The third-order valence-electron chi connectivity index (χ3n) is 3.41. The normalized spacial score (nSPS) is 15.0. The van der Waals surface area contributed by atoms with Crippen LogP contribution in [0, 0.1) is 0 Å². The molecule has 0 aliphatic rings. The molecule has 0 amide bonds. The van der Waals surface area contributed by atoms with Crippen LogP contribution in [0.3, 0.4) is 0 Å². The number of hydrogen-bond acceptors (Lipinski definition) is 2. The van der Waals surface area contributed by atoms with Crippen LogP contribution in [0.15, 0.2) is 30.3 Å². The minimum Gasteiger partial charge on any atom is -0.321 e. The maximum Gasteiger partial charge on any atom is 0.180 e. The third-order valence-corrected chi connectivity index (χ3v) is 3.96. The molecule has 102 valence electrons. The Balaban J connectivity index is 2.92. The Morgan fingerprint density at radius 3 is 2.33 bits per heavy atom. The van der Waals surface area contributed by atoms with Gasteiger partial charge in [-0.2, -0.15) is 0 Å². The molecule has 0 radical (unpaired) electrons. The van der Waals surface area contributed by atoms with Gasteiger partial charge >= 0.3 is 0 Å². The van der Waals surface area contributed by atoms with Crippen LogP contribution in [0.5, 0.6) is 0 Å². The van der Waals surface area contributed by atoms with Crippen LogP contribution in [-0.4, -0.2) is 0 Å². The Bertz CT molecular complexity index is 340. The summed E-state index contributed by atoms with van der Waals surface area (Å²) in [6.07, 6.45) is 6.48. The van der Waals surface area contributed by atoms with Gasteiger partial charge in [-0.05, 0) is 18.4 Å². The first kappa shape index (κ1) is 15.5.